The molecule has 0 aliphatic heterocycles. The second-order valence-corrected chi connectivity index (χ2v) is 6.48. The minimum atomic E-state index is 0.518. The normalized spacial score (nSPS) is 14.6. The van der Waals surface area contributed by atoms with Crippen LogP contribution >= 0.6 is 27.3 Å². The van der Waals surface area contributed by atoms with Gasteiger partial charge in [-0.15, -0.1) is 5.10 Å². The van der Waals surface area contributed by atoms with E-state index in [-0.39, 0.29) is 0 Å². The molecular formula is C13H14BrN3OS. The van der Waals surface area contributed by atoms with E-state index in [0.29, 0.717) is 17.8 Å². The molecule has 1 aliphatic carbocycles. The molecule has 1 saturated carbocycles. The number of ether oxygens (including phenoxy) is 1. The standard InChI is InChI=1S/C13H14BrN3OS/c14-10-3-1-2-9(6-10)8-18-13-17-16-12(19-13)7-15-11-4-5-11/h1-3,6,11,15H,4-5,7-8H2. The Balaban J connectivity index is 1.51. The molecule has 1 aromatic carbocycles. The molecule has 0 atom stereocenters. The predicted molar refractivity (Wildman–Crippen MR) is 78.2 cm³/mol. The van der Waals surface area contributed by atoms with E-state index in [1.54, 1.807) is 0 Å². The van der Waals surface area contributed by atoms with E-state index in [2.05, 4.69) is 31.4 Å². The van der Waals surface area contributed by atoms with Crippen LogP contribution in [-0.4, -0.2) is 16.2 Å². The maximum atomic E-state index is 5.65. The summed E-state index contributed by atoms with van der Waals surface area (Å²) in [6.07, 6.45) is 2.57. The molecule has 0 spiro atoms. The number of benzene rings is 1. The fourth-order valence-electron chi connectivity index (χ4n) is 1.66. The van der Waals surface area contributed by atoms with Crippen LogP contribution in [0.15, 0.2) is 28.7 Å². The van der Waals surface area contributed by atoms with Crippen LogP contribution in [0.2, 0.25) is 0 Å². The van der Waals surface area contributed by atoms with Gasteiger partial charge in [0.05, 0.1) is 6.54 Å². The molecule has 19 heavy (non-hydrogen) atoms. The van der Waals surface area contributed by atoms with Crippen molar-refractivity contribution in [2.24, 2.45) is 0 Å². The summed E-state index contributed by atoms with van der Waals surface area (Å²) in [4.78, 5) is 0. The molecule has 0 saturated heterocycles. The van der Waals surface area contributed by atoms with E-state index in [1.165, 1.54) is 24.2 Å². The second kappa shape index (κ2) is 5.98. The number of aromatic nitrogens is 2. The Bertz CT molecular complexity index is 556. The number of hydrogen-bond acceptors (Lipinski definition) is 5. The lowest BCUT2D eigenvalue weighted by Gasteiger charge is -2.02. The fourth-order valence-corrected chi connectivity index (χ4v) is 2.74. The predicted octanol–water partition coefficient (Wildman–Crippen LogP) is 3.13. The number of halogens is 1. The fraction of sp³-hybridized carbons (Fsp3) is 0.385. The third kappa shape index (κ3) is 3.99. The Kier molecular flexibility index (Phi) is 4.10. The van der Waals surface area contributed by atoms with Crippen LogP contribution in [0.25, 0.3) is 0 Å². The average Bonchev–Trinajstić information content (AvgIpc) is 3.13. The summed E-state index contributed by atoms with van der Waals surface area (Å²) in [5.74, 6) is 0. The molecule has 1 aliphatic rings. The van der Waals surface area contributed by atoms with Gasteiger partial charge in [0.25, 0.3) is 5.19 Å². The van der Waals surface area contributed by atoms with Crippen LogP contribution < -0.4 is 10.1 Å². The lowest BCUT2D eigenvalue weighted by atomic mass is 10.2. The van der Waals surface area contributed by atoms with Gasteiger partial charge in [-0.1, -0.05) is 44.5 Å². The summed E-state index contributed by atoms with van der Waals surface area (Å²) < 4.78 is 6.70. The molecule has 100 valence electrons. The highest BCUT2D eigenvalue weighted by molar-refractivity contribution is 9.10. The molecule has 0 radical (unpaired) electrons. The second-order valence-electron chi connectivity index (χ2n) is 4.54. The molecule has 6 heteroatoms. The van der Waals surface area contributed by atoms with Gasteiger partial charge >= 0.3 is 0 Å². The average molecular weight is 340 g/mol. The van der Waals surface area contributed by atoms with Crippen molar-refractivity contribution >= 4 is 27.3 Å². The molecule has 1 N–H and O–H groups in total. The number of nitrogens with zero attached hydrogens (tertiary/aromatic N) is 2. The third-order valence-corrected chi connectivity index (χ3v) is 4.15. The van der Waals surface area contributed by atoms with Gasteiger partial charge in [0.1, 0.15) is 11.6 Å². The third-order valence-electron chi connectivity index (χ3n) is 2.82. The van der Waals surface area contributed by atoms with Crippen molar-refractivity contribution in [2.45, 2.75) is 32.0 Å². The molecular weight excluding hydrogens is 326 g/mol. The molecule has 4 nitrogen and oxygen atoms in total. The zero-order valence-electron chi connectivity index (χ0n) is 10.3. The van der Waals surface area contributed by atoms with Gasteiger partial charge in [-0.3, -0.25) is 0 Å². The van der Waals surface area contributed by atoms with Crippen molar-refractivity contribution in [1.29, 1.82) is 0 Å². The summed E-state index contributed by atoms with van der Waals surface area (Å²) in [6.45, 7) is 1.31. The van der Waals surface area contributed by atoms with Crippen LogP contribution in [0.3, 0.4) is 0 Å². The van der Waals surface area contributed by atoms with Crippen molar-refractivity contribution < 1.29 is 4.74 Å². The van der Waals surface area contributed by atoms with E-state index in [0.717, 1.165) is 21.6 Å². The van der Waals surface area contributed by atoms with Crippen molar-refractivity contribution in [3.8, 4) is 5.19 Å². The molecule has 2 aromatic rings. The van der Waals surface area contributed by atoms with E-state index < -0.39 is 0 Å². The van der Waals surface area contributed by atoms with E-state index >= 15 is 0 Å². The van der Waals surface area contributed by atoms with Gasteiger partial charge < -0.3 is 10.1 Å². The van der Waals surface area contributed by atoms with Gasteiger partial charge in [-0.05, 0) is 30.5 Å². The van der Waals surface area contributed by atoms with Gasteiger partial charge in [0, 0.05) is 10.5 Å². The van der Waals surface area contributed by atoms with Gasteiger partial charge in [0.2, 0.25) is 0 Å². The molecule has 0 amide bonds. The summed E-state index contributed by atoms with van der Waals surface area (Å²) in [5, 5.41) is 13.2. The minimum Gasteiger partial charge on any atom is -0.464 e. The van der Waals surface area contributed by atoms with Crippen molar-refractivity contribution in [3.63, 3.8) is 0 Å². The highest BCUT2D eigenvalue weighted by Gasteiger charge is 2.20. The van der Waals surface area contributed by atoms with E-state index in [1.807, 2.05) is 24.3 Å². The number of nitrogens with one attached hydrogen (secondary N) is 1. The Labute approximate surface area is 124 Å². The van der Waals surface area contributed by atoms with Gasteiger partial charge in [-0.25, -0.2) is 0 Å². The number of rotatable bonds is 6. The van der Waals surface area contributed by atoms with Crippen LogP contribution in [0.5, 0.6) is 5.19 Å². The monoisotopic (exact) mass is 339 g/mol. The largest absolute Gasteiger partial charge is 0.464 e. The summed E-state index contributed by atoms with van der Waals surface area (Å²) in [7, 11) is 0. The lowest BCUT2D eigenvalue weighted by Crippen LogP contribution is -2.14. The van der Waals surface area contributed by atoms with Crippen LogP contribution in [0.4, 0.5) is 0 Å². The minimum absolute atomic E-state index is 0.518. The lowest BCUT2D eigenvalue weighted by molar-refractivity contribution is 0.302. The van der Waals surface area contributed by atoms with Crippen molar-refractivity contribution in [3.05, 3.63) is 39.3 Å². The van der Waals surface area contributed by atoms with Crippen LogP contribution in [-0.2, 0) is 13.2 Å². The van der Waals surface area contributed by atoms with Crippen molar-refractivity contribution in [1.82, 2.24) is 15.5 Å². The molecule has 1 fully saturated rings. The maximum absolute atomic E-state index is 5.65. The Morgan fingerprint density at radius 3 is 3.05 bits per heavy atom. The first kappa shape index (κ1) is 13.0. The molecule has 1 aromatic heterocycles. The first-order valence-electron chi connectivity index (χ1n) is 6.22. The summed E-state index contributed by atoms with van der Waals surface area (Å²) in [6, 6.07) is 8.75. The zero-order valence-corrected chi connectivity index (χ0v) is 12.7. The topological polar surface area (TPSA) is 47.0 Å². The van der Waals surface area contributed by atoms with Crippen LogP contribution in [0.1, 0.15) is 23.4 Å². The van der Waals surface area contributed by atoms with Crippen LogP contribution in [0, 0.1) is 0 Å². The molecule has 3 rings (SSSR count). The first-order chi connectivity index (χ1) is 9.29. The first-order valence-corrected chi connectivity index (χ1v) is 7.83. The van der Waals surface area contributed by atoms with E-state index in [9.17, 15) is 0 Å². The Morgan fingerprint density at radius 2 is 2.26 bits per heavy atom. The number of hydrogen-bond donors (Lipinski definition) is 1. The zero-order chi connectivity index (χ0) is 13.1. The van der Waals surface area contributed by atoms with Gasteiger partial charge in [0.15, 0.2) is 0 Å². The Morgan fingerprint density at radius 1 is 1.37 bits per heavy atom. The van der Waals surface area contributed by atoms with Crippen molar-refractivity contribution in [2.75, 3.05) is 0 Å². The van der Waals surface area contributed by atoms with Gasteiger partial charge in [-0.2, -0.15) is 0 Å². The van der Waals surface area contributed by atoms with E-state index in [4.69, 9.17) is 4.74 Å². The highest BCUT2D eigenvalue weighted by Crippen LogP contribution is 2.22. The smallest absolute Gasteiger partial charge is 0.294 e. The summed E-state index contributed by atoms with van der Waals surface area (Å²) in [5.41, 5.74) is 1.11. The molecule has 0 bridgehead atoms. The summed E-state index contributed by atoms with van der Waals surface area (Å²) >= 11 is 4.95. The maximum Gasteiger partial charge on any atom is 0.294 e. The molecule has 1 heterocycles. The SMILES string of the molecule is Brc1cccc(COc2nnc(CNC3CC3)s2)c1. The Hall–Kier alpha value is -0.980. The molecule has 0 unspecified atom stereocenters. The quantitative estimate of drug-likeness (QED) is 0.878. The highest BCUT2D eigenvalue weighted by atomic mass is 79.9.